The average Bonchev–Trinajstić information content (AvgIpc) is 2.79. The van der Waals surface area contributed by atoms with E-state index in [2.05, 4.69) is 5.32 Å². The van der Waals surface area contributed by atoms with Crippen LogP contribution in [0.1, 0.15) is 10.4 Å². The van der Waals surface area contributed by atoms with E-state index in [4.69, 9.17) is 4.74 Å². The summed E-state index contributed by atoms with van der Waals surface area (Å²) in [4.78, 5) is 26.0. The molecule has 10 heteroatoms. The van der Waals surface area contributed by atoms with Crippen LogP contribution in [0.5, 0.6) is 5.75 Å². The first-order valence-corrected chi connectivity index (χ1v) is 8.47. The Hall–Kier alpha value is -3.27. The number of fused-ring (bicyclic) bond motifs is 1. The van der Waals surface area contributed by atoms with Crippen LogP contribution in [0, 0.1) is 0 Å². The van der Waals surface area contributed by atoms with Crippen LogP contribution in [0.15, 0.2) is 48.5 Å². The van der Waals surface area contributed by atoms with Gasteiger partial charge in [-0.15, -0.1) is 0 Å². The highest BCUT2D eigenvalue weighted by Gasteiger charge is 2.64. The Labute approximate surface area is 164 Å². The second-order valence-corrected chi connectivity index (χ2v) is 6.47. The number of benzene rings is 2. The number of methoxy groups -OCH3 is 1. The van der Waals surface area contributed by atoms with Gasteiger partial charge in [-0.3, -0.25) is 9.59 Å². The lowest BCUT2D eigenvalue weighted by molar-refractivity contribution is -0.261. The summed E-state index contributed by atoms with van der Waals surface area (Å²) in [5.74, 6) is -1.63. The van der Waals surface area contributed by atoms with E-state index in [1.54, 1.807) is 0 Å². The van der Waals surface area contributed by atoms with E-state index in [-0.39, 0.29) is 16.9 Å². The molecule has 7 nitrogen and oxygen atoms in total. The smallest absolute Gasteiger partial charge is 0.439 e. The molecule has 0 bridgehead atoms. The zero-order chi connectivity index (χ0) is 21.4. The molecule has 2 aromatic rings. The fourth-order valence-corrected chi connectivity index (χ4v) is 3.10. The van der Waals surface area contributed by atoms with Crippen molar-refractivity contribution in [1.82, 2.24) is 4.90 Å². The van der Waals surface area contributed by atoms with Gasteiger partial charge >= 0.3 is 6.18 Å². The lowest BCUT2D eigenvalue weighted by Crippen LogP contribution is -2.68. The monoisotopic (exact) mass is 409 g/mol. The number of rotatable bonds is 3. The molecule has 2 amide bonds. The number of halogens is 3. The predicted octanol–water partition coefficient (Wildman–Crippen LogP) is 2.45. The Morgan fingerprint density at radius 1 is 1.14 bits per heavy atom. The normalized spacial score (nSPS) is 21.3. The highest BCUT2D eigenvalue weighted by Crippen LogP contribution is 2.40. The van der Waals surface area contributed by atoms with Crippen molar-refractivity contribution in [2.24, 2.45) is 0 Å². The molecule has 2 aromatic carbocycles. The van der Waals surface area contributed by atoms with E-state index in [0.29, 0.717) is 10.6 Å². The Kier molecular flexibility index (Phi) is 5.14. The first kappa shape index (κ1) is 20.5. The van der Waals surface area contributed by atoms with Gasteiger partial charge in [0, 0.05) is 12.6 Å². The van der Waals surface area contributed by atoms with Crippen molar-refractivity contribution in [3.05, 3.63) is 54.1 Å². The largest absolute Gasteiger partial charge is 0.497 e. The molecule has 2 unspecified atom stereocenters. The summed E-state index contributed by atoms with van der Waals surface area (Å²) in [5.41, 5.74) is -3.78. The molecule has 1 aliphatic heterocycles. The van der Waals surface area contributed by atoms with Gasteiger partial charge in [0.15, 0.2) is 6.04 Å². The fraction of sp³-hybridized carbons (Fsp3) is 0.263. The summed E-state index contributed by atoms with van der Waals surface area (Å²) < 4.78 is 46.7. The number of para-hydroxylation sites is 2. The minimum atomic E-state index is -5.28. The van der Waals surface area contributed by atoms with Gasteiger partial charge in [-0.05, 0) is 36.4 Å². The molecule has 0 aromatic heterocycles. The molecular weight excluding hydrogens is 391 g/mol. The minimum absolute atomic E-state index is 0.0207. The van der Waals surface area contributed by atoms with Gasteiger partial charge in [-0.1, -0.05) is 12.1 Å². The van der Waals surface area contributed by atoms with Crippen LogP contribution in [0.3, 0.4) is 0 Å². The lowest BCUT2D eigenvalue weighted by Gasteiger charge is -2.40. The maximum Gasteiger partial charge on any atom is 0.439 e. The first-order chi connectivity index (χ1) is 13.6. The van der Waals surface area contributed by atoms with Gasteiger partial charge in [0.1, 0.15) is 5.75 Å². The van der Waals surface area contributed by atoms with Gasteiger partial charge in [0.2, 0.25) is 0 Å². The Balaban J connectivity index is 2.04. The first-order valence-electron chi connectivity index (χ1n) is 8.47. The zero-order valence-electron chi connectivity index (χ0n) is 15.4. The van der Waals surface area contributed by atoms with Crippen molar-refractivity contribution < 1.29 is 32.6 Å². The second-order valence-electron chi connectivity index (χ2n) is 6.47. The minimum Gasteiger partial charge on any atom is -0.497 e. The molecule has 0 aliphatic carbocycles. The van der Waals surface area contributed by atoms with Crippen LogP contribution in [0.2, 0.25) is 0 Å². The molecule has 0 radical (unpaired) electrons. The van der Waals surface area contributed by atoms with Crippen LogP contribution < -0.4 is 15.4 Å². The zero-order valence-corrected chi connectivity index (χ0v) is 15.4. The van der Waals surface area contributed by atoms with Crippen molar-refractivity contribution in [3.63, 3.8) is 0 Å². The topological polar surface area (TPSA) is 90.9 Å². The quantitative estimate of drug-likeness (QED) is 0.725. The number of nitrogens with zero attached hydrogens (tertiary/aromatic N) is 1. The summed E-state index contributed by atoms with van der Waals surface area (Å²) in [6.07, 6.45) is -5.28. The number of likely N-dealkylation sites (N-methyl/N-ethyl adjacent to an activating group) is 1. The van der Waals surface area contributed by atoms with Gasteiger partial charge < -0.3 is 25.4 Å². The van der Waals surface area contributed by atoms with Crippen molar-refractivity contribution in [2.75, 3.05) is 24.8 Å². The molecule has 0 saturated carbocycles. The number of hydrogen-bond acceptors (Lipinski definition) is 5. The maximum absolute atomic E-state index is 13.9. The maximum atomic E-state index is 13.9. The summed E-state index contributed by atoms with van der Waals surface area (Å²) in [7, 11) is 2.44. The molecular formula is C19H18F3N3O4. The van der Waals surface area contributed by atoms with Gasteiger partial charge in [0.25, 0.3) is 17.5 Å². The Morgan fingerprint density at radius 3 is 2.28 bits per heavy atom. The van der Waals surface area contributed by atoms with E-state index >= 15 is 0 Å². The van der Waals surface area contributed by atoms with Crippen LogP contribution in [0.25, 0.3) is 0 Å². The fourth-order valence-electron chi connectivity index (χ4n) is 3.10. The van der Waals surface area contributed by atoms with Crippen LogP contribution in [0.4, 0.5) is 24.5 Å². The van der Waals surface area contributed by atoms with E-state index in [9.17, 15) is 27.9 Å². The highest BCUT2D eigenvalue weighted by atomic mass is 19.4. The van der Waals surface area contributed by atoms with Crippen molar-refractivity contribution in [1.29, 1.82) is 0 Å². The summed E-state index contributed by atoms with van der Waals surface area (Å²) in [6, 6.07) is 8.93. The molecule has 1 heterocycles. The number of aliphatic hydroxyl groups is 1. The number of alkyl halides is 3. The molecule has 3 N–H and O–H groups in total. The third-order valence-corrected chi connectivity index (χ3v) is 4.63. The summed E-state index contributed by atoms with van der Waals surface area (Å²) in [6.45, 7) is 0. The molecule has 0 spiro atoms. The van der Waals surface area contributed by atoms with Gasteiger partial charge in [-0.2, -0.15) is 13.2 Å². The third kappa shape index (κ3) is 3.58. The van der Waals surface area contributed by atoms with Gasteiger partial charge in [0.05, 0.1) is 18.5 Å². The number of hydrogen-bond donors (Lipinski definition) is 3. The third-order valence-electron chi connectivity index (χ3n) is 4.63. The van der Waals surface area contributed by atoms with Crippen LogP contribution >= 0.6 is 0 Å². The van der Waals surface area contributed by atoms with Crippen molar-refractivity contribution in [3.8, 4) is 5.75 Å². The standard InChI is InChI=1S/C19H18F3N3O4/c1-25(17(27)11-7-9-12(29-2)10-8-11)15-16(26)23-13-5-3-4-6-14(13)24-18(15,28)19(20,21)22/h3-10,15,24,28H,1-2H3,(H,23,26). The van der Waals surface area contributed by atoms with E-state index in [1.165, 1.54) is 55.6 Å². The number of ether oxygens (including phenoxy) is 1. The van der Waals surface area contributed by atoms with E-state index < -0.39 is 29.8 Å². The molecule has 0 saturated heterocycles. The predicted molar refractivity (Wildman–Crippen MR) is 98.6 cm³/mol. The SMILES string of the molecule is COc1ccc(C(=O)N(C)C2C(=O)Nc3ccccc3NC2(O)C(F)(F)F)cc1. The lowest BCUT2D eigenvalue weighted by atomic mass is 9.99. The van der Waals surface area contributed by atoms with Crippen LogP contribution in [-0.2, 0) is 4.79 Å². The summed E-state index contributed by atoms with van der Waals surface area (Å²) >= 11 is 0. The van der Waals surface area contributed by atoms with Crippen molar-refractivity contribution in [2.45, 2.75) is 17.9 Å². The number of anilines is 2. The average molecular weight is 409 g/mol. The van der Waals surface area contributed by atoms with E-state index in [0.717, 1.165) is 7.05 Å². The van der Waals surface area contributed by atoms with Gasteiger partial charge in [-0.25, -0.2) is 0 Å². The Morgan fingerprint density at radius 2 is 1.72 bits per heavy atom. The molecule has 2 atom stereocenters. The van der Waals surface area contributed by atoms with Crippen molar-refractivity contribution >= 4 is 23.2 Å². The molecule has 29 heavy (non-hydrogen) atoms. The van der Waals surface area contributed by atoms with E-state index in [1.807, 2.05) is 5.32 Å². The molecule has 0 fully saturated rings. The Bertz CT molecular complexity index is 933. The number of amides is 2. The summed E-state index contributed by atoms with van der Waals surface area (Å²) in [5, 5.41) is 14.9. The highest BCUT2D eigenvalue weighted by molar-refractivity contribution is 6.04. The molecule has 154 valence electrons. The van der Waals surface area contributed by atoms with Crippen LogP contribution in [-0.4, -0.2) is 53.9 Å². The number of nitrogens with one attached hydrogen (secondary N) is 2. The number of carbonyl (C=O) groups excluding carboxylic acids is 2. The molecule has 1 aliphatic rings. The molecule has 3 rings (SSSR count). The number of carbonyl (C=O) groups is 2. The second kappa shape index (κ2) is 7.28.